The van der Waals surface area contributed by atoms with E-state index in [4.69, 9.17) is 4.42 Å². The summed E-state index contributed by atoms with van der Waals surface area (Å²) < 4.78 is 9.39. The number of para-hydroxylation sites is 1. The zero-order valence-electron chi connectivity index (χ0n) is 41.2. The van der Waals surface area contributed by atoms with Crippen LogP contribution in [0.5, 0.6) is 0 Å². The van der Waals surface area contributed by atoms with Crippen LogP contribution in [0.25, 0.3) is 82.3 Å². The lowest BCUT2D eigenvalue weighted by Crippen LogP contribution is -2.40. The summed E-state index contributed by atoms with van der Waals surface area (Å²) in [6.07, 6.45) is 0. The molecule has 0 fully saturated rings. The molecule has 348 valence electrons. The fraction of sp³-hybridized carbons (Fsp3) is 0.114. The van der Waals surface area contributed by atoms with Crippen molar-refractivity contribution in [3.8, 4) is 22.3 Å². The number of furan rings is 1. The minimum absolute atomic E-state index is 0.0989. The van der Waals surface area contributed by atoms with Crippen LogP contribution in [-0.2, 0) is 21.7 Å². The molecule has 0 radical (unpaired) electrons. The molecule has 10 aromatic carbocycles. The Balaban J connectivity index is 1.06. The van der Waals surface area contributed by atoms with Gasteiger partial charge in [-0.3, -0.25) is 9.59 Å². The van der Waals surface area contributed by atoms with Gasteiger partial charge < -0.3 is 8.82 Å². The van der Waals surface area contributed by atoms with Gasteiger partial charge in [0.25, 0.3) is 0 Å². The van der Waals surface area contributed by atoms with Crippen LogP contribution in [0.3, 0.4) is 0 Å². The van der Waals surface area contributed by atoms with Crippen LogP contribution in [0.4, 0.5) is 0 Å². The third kappa shape index (κ3) is 4.41. The number of carbonyl (C=O) groups excluding carboxylic acids is 2. The third-order valence-corrected chi connectivity index (χ3v) is 19.1. The Morgan fingerprint density at radius 2 is 0.757 bits per heavy atom. The molecule has 4 heteroatoms. The fourth-order valence-electron chi connectivity index (χ4n) is 15.5. The van der Waals surface area contributed by atoms with Crippen LogP contribution in [-0.4, -0.2) is 16.0 Å². The molecular formula is C70H45NO3. The van der Waals surface area contributed by atoms with E-state index in [1.807, 2.05) is 6.07 Å². The summed E-state index contributed by atoms with van der Waals surface area (Å²) >= 11 is 0. The van der Waals surface area contributed by atoms with E-state index in [2.05, 4.69) is 226 Å². The molecule has 0 atom stereocenters. The summed E-state index contributed by atoms with van der Waals surface area (Å²) in [7, 11) is 0. The van der Waals surface area contributed by atoms with Gasteiger partial charge in [0.2, 0.25) is 0 Å². The molecule has 0 spiro atoms. The zero-order chi connectivity index (χ0) is 49.4. The zero-order valence-corrected chi connectivity index (χ0v) is 41.2. The van der Waals surface area contributed by atoms with Crippen molar-refractivity contribution in [3.05, 3.63) is 267 Å². The molecular weight excluding hydrogens is 903 g/mol. The van der Waals surface area contributed by atoms with Gasteiger partial charge in [-0.2, -0.15) is 0 Å². The molecule has 0 saturated heterocycles. The van der Waals surface area contributed by atoms with E-state index < -0.39 is 21.7 Å². The van der Waals surface area contributed by atoms with Gasteiger partial charge in [-0.05, 0) is 149 Å². The molecule has 0 unspecified atom stereocenters. The Morgan fingerprint density at radius 1 is 0.338 bits per heavy atom. The first kappa shape index (κ1) is 40.7. The van der Waals surface area contributed by atoms with E-state index in [0.29, 0.717) is 0 Å². The Kier molecular flexibility index (Phi) is 7.27. The van der Waals surface area contributed by atoms with E-state index >= 15 is 9.59 Å². The number of rotatable bonds is 2. The lowest BCUT2D eigenvalue weighted by atomic mass is 9.59. The van der Waals surface area contributed by atoms with Gasteiger partial charge >= 0.3 is 0 Å². The number of nitrogens with zero attached hydrogens (tertiary/aromatic N) is 1. The maximum absolute atomic E-state index is 16.0. The number of benzene rings is 10. The second kappa shape index (κ2) is 13.2. The number of Topliss-reactive ketones (excluding diaryl/α,β-unsaturated/α-hetero) is 2. The quantitative estimate of drug-likeness (QED) is 0.173. The van der Waals surface area contributed by atoms with Crippen molar-refractivity contribution < 1.29 is 14.0 Å². The van der Waals surface area contributed by atoms with Crippen molar-refractivity contribution in [2.45, 2.75) is 49.4 Å². The number of carbonyl (C=O) groups is 2. The fourth-order valence-corrected chi connectivity index (χ4v) is 15.5. The molecule has 3 heterocycles. The molecule has 0 amide bonds. The van der Waals surface area contributed by atoms with E-state index in [1.54, 1.807) is 0 Å². The van der Waals surface area contributed by atoms with E-state index in [9.17, 15) is 0 Å². The second-order valence-corrected chi connectivity index (χ2v) is 22.3. The molecule has 0 N–H and O–H groups in total. The molecule has 19 rings (SSSR count). The standard InChI is InChI=1S/C70H45NO3/c1-67-49-21-9-13-25-53(49)69(3,54-26-14-10-22-50(54)67)65(72)47-36-59-43(34-57(47)67)45-32-39(62-40(38-18-6-5-7-19-38)30-31-42-41-20-8-17-29-61(41)74-64(42)62)33-46-44-35-58-48(37-60(44)71(59)63(45)46)66(73)70(4)55-27-15-11-23-51(55)68(58,2)52-24-12-16-28-56(52)70/h5-37H,1-4H3. The summed E-state index contributed by atoms with van der Waals surface area (Å²) in [6, 6.07) is 71.7. The Hall–Kier alpha value is -8.86. The maximum Gasteiger partial charge on any atom is 0.177 e. The van der Waals surface area contributed by atoms with E-state index in [-0.39, 0.29) is 11.6 Å². The largest absolute Gasteiger partial charge is 0.455 e. The van der Waals surface area contributed by atoms with Crippen molar-refractivity contribution in [1.29, 1.82) is 0 Å². The van der Waals surface area contributed by atoms with E-state index in [1.165, 1.54) is 22.3 Å². The minimum Gasteiger partial charge on any atom is -0.455 e. The van der Waals surface area contributed by atoms with E-state index in [0.717, 1.165) is 127 Å². The highest BCUT2D eigenvalue weighted by Gasteiger charge is 2.57. The van der Waals surface area contributed by atoms with Gasteiger partial charge in [-0.15, -0.1) is 0 Å². The molecule has 13 aromatic rings. The van der Waals surface area contributed by atoms with Gasteiger partial charge in [0, 0.05) is 59.8 Å². The van der Waals surface area contributed by atoms with Gasteiger partial charge in [0.05, 0.1) is 27.4 Å². The predicted molar refractivity (Wildman–Crippen MR) is 298 cm³/mol. The molecule has 4 nitrogen and oxygen atoms in total. The van der Waals surface area contributed by atoms with Crippen molar-refractivity contribution in [3.63, 3.8) is 0 Å². The Bertz CT molecular complexity index is 4460. The van der Waals surface area contributed by atoms with Crippen LogP contribution in [0, 0.1) is 0 Å². The normalized spacial score (nSPS) is 22.1. The molecule has 6 aliphatic carbocycles. The summed E-state index contributed by atoms with van der Waals surface area (Å²) in [4.78, 5) is 32.0. The van der Waals surface area contributed by atoms with Crippen LogP contribution in [0.15, 0.2) is 205 Å². The molecule has 3 aromatic heterocycles. The number of ketones is 2. The Labute approximate surface area is 426 Å². The second-order valence-electron chi connectivity index (χ2n) is 22.3. The average Bonchev–Trinajstić information content (AvgIpc) is 4.24. The SMILES string of the molecule is CC12C(=O)c3cc4c(cc3C(C)(c3ccccc31)c1ccccc12)c1cc(-c2c(-c3ccccc3)ccc3c2oc2ccccc23)cc2c3cc5c(cc3n4c12)C(=O)C1(C)c2ccccc2C5(C)c2ccccc21. The van der Waals surface area contributed by atoms with Gasteiger partial charge in [0.1, 0.15) is 11.2 Å². The summed E-state index contributed by atoms with van der Waals surface area (Å²) in [5.41, 5.74) is 18.2. The first-order valence-corrected chi connectivity index (χ1v) is 25.9. The Morgan fingerprint density at radius 3 is 1.23 bits per heavy atom. The first-order valence-electron chi connectivity index (χ1n) is 25.9. The molecule has 4 bridgehead atoms. The highest BCUT2D eigenvalue weighted by molar-refractivity contribution is 6.28. The summed E-state index contributed by atoms with van der Waals surface area (Å²) in [5, 5.41) is 6.42. The van der Waals surface area contributed by atoms with Crippen molar-refractivity contribution in [2.75, 3.05) is 0 Å². The summed E-state index contributed by atoms with van der Waals surface area (Å²) in [5.74, 6) is 0.198. The van der Waals surface area contributed by atoms with Crippen molar-refractivity contribution in [1.82, 2.24) is 4.40 Å². The number of hydrogen-bond donors (Lipinski definition) is 0. The highest BCUT2D eigenvalue weighted by atomic mass is 16.3. The molecule has 6 aliphatic rings. The van der Waals surface area contributed by atoms with Crippen molar-refractivity contribution >= 4 is 71.6 Å². The smallest absolute Gasteiger partial charge is 0.177 e. The first-order chi connectivity index (χ1) is 36.0. The van der Waals surface area contributed by atoms with Crippen molar-refractivity contribution in [2.24, 2.45) is 0 Å². The minimum atomic E-state index is -0.907. The van der Waals surface area contributed by atoms with Crippen LogP contribution in [0.1, 0.15) is 104 Å². The van der Waals surface area contributed by atoms with Crippen LogP contribution < -0.4 is 0 Å². The summed E-state index contributed by atoms with van der Waals surface area (Å²) in [6.45, 7) is 8.92. The molecule has 74 heavy (non-hydrogen) atoms. The predicted octanol–water partition coefficient (Wildman–Crippen LogP) is 16.4. The molecule has 0 saturated carbocycles. The molecule has 0 aliphatic heterocycles. The van der Waals surface area contributed by atoms with Gasteiger partial charge in [-0.1, -0.05) is 152 Å². The lowest BCUT2D eigenvalue weighted by molar-refractivity contribution is 0.0916. The maximum atomic E-state index is 16.0. The van der Waals surface area contributed by atoms with Gasteiger partial charge in [-0.25, -0.2) is 0 Å². The average molecular weight is 948 g/mol. The van der Waals surface area contributed by atoms with Gasteiger partial charge in [0.15, 0.2) is 11.6 Å². The third-order valence-electron chi connectivity index (χ3n) is 19.1. The topological polar surface area (TPSA) is 51.7 Å². The lowest BCUT2D eigenvalue weighted by Gasteiger charge is -2.43. The monoisotopic (exact) mass is 947 g/mol. The van der Waals surface area contributed by atoms with Crippen LogP contribution in [0.2, 0.25) is 0 Å². The number of hydrogen-bond acceptors (Lipinski definition) is 3. The highest BCUT2D eigenvalue weighted by Crippen LogP contribution is 2.61. The number of fused-ring (bicyclic) bond motifs is 9. The number of aromatic nitrogens is 1. The van der Waals surface area contributed by atoms with Crippen LogP contribution >= 0.6 is 0 Å².